The molecule has 0 spiro atoms. The van der Waals surface area contributed by atoms with Crippen LogP contribution in [0.1, 0.15) is 20.8 Å². The lowest BCUT2D eigenvalue weighted by Crippen LogP contribution is -2.20. The summed E-state index contributed by atoms with van der Waals surface area (Å²) in [6.07, 6.45) is 1.93. The summed E-state index contributed by atoms with van der Waals surface area (Å²) in [5.74, 6) is 0.157. The quantitative estimate of drug-likeness (QED) is 0.499. The third-order valence-electron chi connectivity index (χ3n) is 1.36. The largest absolute Gasteiger partial charge is 0.338 e. The van der Waals surface area contributed by atoms with E-state index in [9.17, 15) is 4.79 Å². The molecule has 0 aromatic heterocycles. The molecule has 0 bridgehead atoms. The Balaban J connectivity index is 0.000000371. The average molecular weight is 141 g/mol. The van der Waals surface area contributed by atoms with Gasteiger partial charge in [-0.1, -0.05) is 19.9 Å². The molecule has 0 unspecified atom stereocenters. The van der Waals surface area contributed by atoms with Gasteiger partial charge < -0.3 is 4.90 Å². The summed E-state index contributed by atoms with van der Waals surface area (Å²) in [4.78, 5) is 12.5. The lowest BCUT2D eigenvalue weighted by molar-refractivity contribution is -0.124. The molecule has 1 aliphatic rings. The Hall–Kier alpha value is -0.790. The van der Waals surface area contributed by atoms with Gasteiger partial charge in [0.1, 0.15) is 0 Å². The van der Waals surface area contributed by atoms with E-state index in [0.717, 1.165) is 12.1 Å². The Morgan fingerprint density at radius 3 is 2.10 bits per heavy atom. The standard InChI is InChI=1S/C6H9NO.C2H6/c1-5-3-4-7(2)6(5)8;1-2/h3H,4H2,1-2H3;1-2H3. The maximum absolute atomic E-state index is 10.8. The van der Waals surface area contributed by atoms with E-state index >= 15 is 0 Å². The molecule has 0 radical (unpaired) electrons. The van der Waals surface area contributed by atoms with Crippen molar-refractivity contribution in [1.29, 1.82) is 0 Å². The Bertz CT molecular complexity index is 149. The van der Waals surface area contributed by atoms with Gasteiger partial charge in [0.25, 0.3) is 0 Å². The molecule has 0 saturated carbocycles. The van der Waals surface area contributed by atoms with Crippen molar-refractivity contribution in [1.82, 2.24) is 4.90 Å². The van der Waals surface area contributed by atoms with E-state index in [1.165, 1.54) is 0 Å². The zero-order chi connectivity index (χ0) is 8.15. The predicted octanol–water partition coefficient (Wildman–Crippen LogP) is 1.43. The highest BCUT2D eigenvalue weighted by Crippen LogP contribution is 2.05. The summed E-state index contributed by atoms with van der Waals surface area (Å²) in [5, 5.41) is 0. The molecule has 0 saturated heterocycles. The van der Waals surface area contributed by atoms with E-state index in [1.807, 2.05) is 26.8 Å². The highest BCUT2D eigenvalue weighted by Gasteiger charge is 2.14. The average Bonchev–Trinajstić information content (AvgIpc) is 2.25. The molecule has 2 nitrogen and oxygen atoms in total. The van der Waals surface area contributed by atoms with E-state index < -0.39 is 0 Å². The predicted molar refractivity (Wildman–Crippen MR) is 42.7 cm³/mol. The van der Waals surface area contributed by atoms with Crippen LogP contribution in [0.15, 0.2) is 11.6 Å². The van der Waals surface area contributed by atoms with Gasteiger partial charge in [-0.3, -0.25) is 4.79 Å². The minimum Gasteiger partial charge on any atom is -0.338 e. The fourth-order valence-electron chi connectivity index (χ4n) is 0.745. The van der Waals surface area contributed by atoms with Crippen molar-refractivity contribution >= 4 is 5.91 Å². The molecular weight excluding hydrogens is 126 g/mol. The molecule has 1 heterocycles. The van der Waals surface area contributed by atoms with Crippen molar-refractivity contribution in [3.05, 3.63) is 11.6 Å². The number of likely N-dealkylation sites (N-methyl/N-ethyl adjacent to an activating group) is 1. The third-order valence-corrected chi connectivity index (χ3v) is 1.36. The van der Waals surface area contributed by atoms with E-state index in [-0.39, 0.29) is 5.91 Å². The first-order valence-corrected chi connectivity index (χ1v) is 3.64. The van der Waals surface area contributed by atoms with Gasteiger partial charge in [0.05, 0.1) is 0 Å². The second kappa shape index (κ2) is 4.09. The van der Waals surface area contributed by atoms with Crippen LogP contribution in [0.3, 0.4) is 0 Å². The number of hydrogen-bond donors (Lipinski definition) is 0. The first-order chi connectivity index (χ1) is 4.72. The summed E-state index contributed by atoms with van der Waals surface area (Å²) in [7, 11) is 1.80. The minimum absolute atomic E-state index is 0.157. The second-order valence-corrected chi connectivity index (χ2v) is 2.07. The molecule has 1 amide bonds. The van der Waals surface area contributed by atoms with Gasteiger partial charge in [-0.15, -0.1) is 0 Å². The van der Waals surface area contributed by atoms with Crippen LogP contribution in [0.5, 0.6) is 0 Å². The molecule has 0 fully saturated rings. The molecule has 1 aliphatic heterocycles. The van der Waals surface area contributed by atoms with Crippen LogP contribution in [0.4, 0.5) is 0 Å². The maximum Gasteiger partial charge on any atom is 0.249 e. The van der Waals surface area contributed by atoms with Crippen LogP contribution in [0, 0.1) is 0 Å². The van der Waals surface area contributed by atoms with Crippen LogP contribution in [0.2, 0.25) is 0 Å². The van der Waals surface area contributed by atoms with Crippen molar-refractivity contribution in [3.8, 4) is 0 Å². The molecule has 0 aliphatic carbocycles. The molecule has 58 valence electrons. The van der Waals surface area contributed by atoms with Gasteiger partial charge in [0.2, 0.25) is 5.91 Å². The van der Waals surface area contributed by atoms with Crippen LogP contribution >= 0.6 is 0 Å². The zero-order valence-corrected chi connectivity index (χ0v) is 7.14. The van der Waals surface area contributed by atoms with E-state index in [1.54, 1.807) is 11.9 Å². The van der Waals surface area contributed by atoms with Gasteiger partial charge in [-0.25, -0.2) is 0 Å². The number of nitrogens with zero attached hydrogens (tertiary/aromatic N) is 1. The molecule has 0 N–H and O–H groups in total. The SMILES string of the molecule is CC.CC1=CCN(C)C1=O. The highest BCUT2D eigenvalue weighted by molar-refractivity contribution is 5.94. The first kappa shape index (κ1) is 9.21. The van der Waals surface area contributed by atoms with Gasteiger partial charge in [-0.2, -0.15) is 0 Å². The van der Waals surface area contributed by atoms with Crippen molar-refractivity contribution in [3.63, 3.8) is 0 Å². The van der Waals surface area contributed by atoms with Crippen LogP contribution in [-0.4, -0.2) is 24.4 Å². The fourth-order valence-corrected chi connectivity index (χ4v) is 0.745. The van der Waals surface area contributed by atoms with Crippen LogP contribution in [0.25, 0.3) is 0 Å². The number of amides is 1. The van der Waals surface area contributed by atoms with Crippen molar-refractivity contribution in [2.45, 2.75) is 20.8 Å². The lowest BCUT2D eigenvalue weighted by atomic mass is 10.3. The Morgan fingerprint density at radius 1 is 1.50 bits per heavy atom. The molecule has 0 atom stereocenters. The summed E-state index contributed by atoms with van der Waals surface area (Å²) in [6.45, 7) is 6.62. The molecule has 2 heteroatoms. The van der Waals surface area contributed by atoms with Gasteiger partial charge in [0, 0.05) is 19.2 Å². The topological polar surface area (TPSA) is 20.3 Å². The van der Waals surface area contributed by atoms with Crippen LogP contribution < -0.4 is 0 Å². The molecule has 1 rings (SSSR count). The number of rotatable bonds is 0. The molecular formula is C8H15NO. The lowest BCUT2D eigenvalue weighted by Gasteiger charge is -2.05. The molecule has 0 aromatic rings. The maximum atomic E-state index is 10.8. The zero-order valence-electron chi connectivity index (χ0n) is 7.14. The number of carbonyl (C=O) groups excluding carboxylic acids is 1. The van der Waals surface area contributed by atoms with Gasteiger partial charge in [0.15, 0.2) is 0 Å². The highest BCUT2D eigenvalue weighted by atomic mass is 16.2. The normalized spacial score (nSPS) is 16.2. The molecule has 0 aromatic carbocycles. The van der Waals surface area contributed by atoms with E-state index in [2.05, 4.69) is 0 Å². The van der Waals surface area contributed by atoms with Gasteiger partial charge in [-0.05, 0) is 6.92 Å². The third kappa shape index (κ3) is 1.87. The summed E-state index contributed by atoms with van der Waals surface area (Å²) in [6, 6.07) is 0. The Morgan fingerprint density at radius 2 is 2.00 bits per heavy atom. The number of carbonyl (C=O) groups is 1. The number of hydrogen-bond acceptors (Lipinski definition) is 1. The fraction of sp³-hybridized carbons (Fsp3) is 0.625. The molecule has 10 heavy (non-hydrogen) atoms. The monoisotopic (exact) mass is 141 g/mol. The Labute approximate surface area is 62.5 Å². The van der Waals surface area contributed by atoms with Crippen molar-refractivity contribution < 1.29 is 4.79 Å². The van der Waals surface area contributed by atoms with Crippen LogP contribution in [-0.2, 0) is 4.79 Å². The van der Waals surface area contributed by atoms with E-state index in [4.69, 9.17) is 0 Å². The van der Waals surface area contributed by atoms with E-state index in [0.29, 0.717) is 0 Å². The summed E-state index contributed by atoms with van der Waals surface area (Å²) >= 11 is 0. The van der Waals surface area contributed by atoms with Gasteiger partial charge >= 0.3 is 0 Å². The summed E-state index contributed by atoms with van der Waals surface area (Å²) < 4.78 is 0. The Kier molecular flexibility index (Phi) is 3.77. The minimum atomic E-state index is 0.157. The first-order valence-electron chi connectivity index (χ1n) is 3.64. The second-order valence-electron chi connectivity index (χ2n) is 2.07. The smallest absolute Gasteiger partial charge is 0.249 e. The van der Waals surface area contributed by atoms with Crippen molar-refractivity contribution in [2.75, 3.05) is 13.6 Å². The summed E-state index contributed by atoms with van der Waals surface area (Å²) in [5.41, 5.74) is 0.868. The van der Waals surface area contributed by atoms with Crippen molar-refractivity contribution in [2.24, 2.45) is 0 Å².